The van der Waals surface area contributed by atoms with Crippen LogP contribution >= 0.6 is 15.9 Å². The van der Waals surface area contributed by atoms with E-state index in [1.165, 1.54) is 16.4 Å². The molecule has 0 spiro atoms. The maximum atomic E-state index is 12.8. The third-order valence-corrected chi connectivity index (χ3v) is 6.89. The predicted molar refractivity (Wildman–Crippen MR) is 111 cm³/mol. The molecule has 2 aromatic carbocycles. The summed E-state index contributed by atoms with van der Waals surface area (Å²) in [4.78, 5) is 12.5. The number of halogens is 1. The summed E-state index contributed by atoms with van der Waals surface area (Å²) in [7, 11) is -3.56. The summed E-state index contributed by atoms with van der Waals surface area (Å²) in [6.07, 6.45) is 2.80. The van der Waals surface area contributed by atoms with Gasteiger partial charge in [-0.15, -0.1) is 0 Å². The molecule has 0 aromatic heterocycles. The first-order valence-electron chi connectivity index (χ1n) is 9.23. The first-order valence-corrected chi connectivity index (χ1v) is 11.5. The lowest BCUT2D eigenvalue weighted by molar-refractivity contribution is 0.0946. The number of ether oxygens (including phenoxy) is 1. The average Bonchev–Trinajstić information content (AvgIpc) is 2.72. The van der Waals surface area contributed by atoms with Crippen LogP contribution in [0.2, 0.25) is 0 Å². The molecule has 0 radical (unpaired) electrons. The number of hydrogen-bond donors (Lipinski definition) is 1. The fraction of sp³-hybridized carbons (Fsp3) is 0.350. The second-order valence-corrected chi connectivity index (χ2v) is 9.41. The largest absolute Gasteiger partial charge is 0.492 e. The van der Waals surface area contributed by atoms with E-state index >= 15 is 0 Å². The zero-order valence-electron chi connectivity index (χ0n) is 15.4. The third kappa shape index (κ3) is 5.33. The number of carbonyl (C=O) groups is 1. The van der Waals surface area contributed by atoms with Gasteiger partial charge in [0.2, 0.25) is 10.0 Å². The van der Waals surface area contributed by atoms with E-state index in [4.69, 9.17) is 4.74 Å². The Hall–Kier alpha value is -1.90. The fourth-order valence-corrected chi connectivity index (χ4v) is 4.99. The Balaban J connectivity index is 1.57. The maximum Gasteiger partial charge on any atom is 0.251 e. The fourth-order valence-electron chi connectivity index (χ4n) is 3.04. The summed E-state index contributed by atoms with van der Waals surface area (Å²) < 4.78 is 33.6. The van der Waals surface area contributed by atoms with Crippen LogP contribution in [0.4, 0.5) is 0 Å². The quantitative estimate of drug-likeness (QED) is 0.634. The topological polar surface area (TPSA) is 75.7 Å². The lowest BCUT2D eigenvalue weighted by Crippen LogP contribution is -2.35. The van der Waals surface area contributed by atoms with Crippen molar-refractivity contribution in [3.63, 3.8) is 0 Å². The molecule has 1 N–H and O–H groups in total. The van der Waals surface area contributed by atoms with Gasteiger partial charge in [-0.05, 0) is 49.2 Å². The number of piperidine rings is 1. The predicted octanol–water partition coefficient (Wildman–Crippen LogP) is 3.43. The Morgan fingerprint density at radius 2 is 1.82 bits per heavy atom. The van der Waals surface area contributed by atoms with Gasteiger partial charge in [-0.1, -0.05) is 34.5 Å². The molecule has 1 aliphatic heterocycles. The Morgan fingerprint density at radius 1 is 1.07 bits per heavy atom. The van der Waals surface area contributed by atoms with Crippen molar-refractivity contribution < 1.29 is 17.9 Å². The van der Waals surface area contributed by atoms with Gasteiger partial charge in [-0.25, -0.2) is 8.42 Å². The molecule has 0 bridgehead atoms. The smallest absolute Gasteiger partial charge is 0.251 e. The van der Waals surface area contributed by atoms with E-state index in [-0.39, 0.29) is 10.8 Å². The van der Waals surface area contributed by atoms with Crippen molar-refractivity contribution in [2.75, 3.05) is 26.2 Å². The lowest BCUT2D eigenvalue weighted by atomic mass is 10.2. The van der Waals surface area contributed by atoms with Crippen LogP contribution in [-0.4, -0.2) is 44.9 Å². The zero-order valence-corrected chi connectivity index (χ0v) is 17.8. The molecule has 1 amide bonds. The molecule has 8 heteroatoms. The van der Waals surface area contributed by atoms with E-state index in [1.807, 2.05) is 24.3 Å². The Labute approximate surface area is 174 Å². The number of nitrogens with one attached hydrogen (secondary N) is 1. The molecule has 2 aromatic rings. The van der Waals surface area contributed by atoms with Crippen LogP contribution in [0.3, 0.4) is 0 Å². The monoisotopic (exact) mass is 466 g/mol. The zero-order chi connectivity index (χ0) is 20.0. The number of hydrogen-bond acceptors (Lipinski definition) is 4. The van der Waals surface area contributed by atoms with Gasteiger partial charge in [0.15, 0.2) is 0 Å². The summed E-state index contributed by atoms with van der Waals surface area (Å²) in [5.74, 6) is 0.381. The van der Waals surface area contributed by atoms with Gasteiger partial charge in [-0.2, -0.15) is 4.31 Å². The molecular weight excluding hydrogens is 444 g/mol. The van der Waals surface area contributed by atoms with E-state index in [9.17, 15) is 13.2 Å². The third-order valence-electron chi connectivity index (χ3n) is 4.50. The minimum atomic E-state index is -3.56. The minimum absolute atomic E-state index is 0.160. The van der Waals surface area contributed by atoms with Crippen molar-refractivity contribution in [1.29, 1.82) is 0 Å². The van der Waals surface area contributed by atoms with Gasteiger partial charge in [0.25, 0.3) is 5.91 Å². The number of sulfonamides is 1. The summed E-state index contributed by atoms with van der Waals surface area (Å²) in [6, 6.07) is 13.6. The average molecular weight is 467 g/mol. The second kappa shape index (κ2) is 9.54. The normalized spacial score (nSPS) is 15.2. The van der Waals surface area contributed by atoms with Crippen LogP contribution < -0.4 is 10.1 Å². The number of benzene rings is 2. The summed E-state index contributed by atoms with van der Waals surface area (Å²) in [5, 5.41) is 2.76. The highest BCUT2D eigenvalue weighted by Crippen LogP contribution is 2.21. The van der Waals surface area contributed by atoms with E-state index < -0.39 is 10.0 Å². The van der Waals surface area contributed by atoms with Crippen LogP contribution in [0.1, 0.15) is 29.6 Å². The van der Waals surface area contributed by atoms with Crippen molar-refractivity contribution in [2.45, 2.75) is 24.2 Å². The molecule has 0 aliphatic carbocycles. The summed E-state index contributed by atoms with van der Waals surface area (Å²) in [5.41, 5.74) is 0.320. The van der Waals surface area contributed by atoms with E-state index in [1.54, 1.807) is 12.1 Å². The molecule has 6 nitrogen and oxygen atoms in total. The van der Waals surface area contributed by atoms with Crippen molar-refractivity contribution in [3.05, 3.63) is 58.6 Å². The van der Waals surface area contributed by atoms with Crippen LogP contribution in [0.25, 0.3) is 0 Å². The number of amides is 1. The van der Waals surface area contributed by atoms with Crippen molar-refractivity contribution in [1.82, 2.24) is 9.62 Å². The van der Waals surface area contributed by atoms with Crippen molar-refractivity contribution in [2.24, 2.45) is 0 Å². The maximum absolute atomic E-state index is 12.8. The van der Waals surface area contributed by atoms with Crippen molar-refractivity contribution in [3.8, 4) is 5.75 Å². The molecule has 1 saturated heterocycles. The molecule has 1 fully saturated rings. The minimum Gasteiger partial charge on any atom is -0.492 e. The molecular formula is C20H23BrN2O4S. The number of nitrogens with zero attached hydrogens (tertiary/aromatic N) is 1. The SMILES string of the molecule is O=C(NCCOc1cccc(Br)c1)c1cccc(S(=O)(=O)N2CCCCC2)c1. The Morgan fingerprint density at radius 3 is 2.57 bits per heavy atom. The summed E-state index contributed by atoms with van der Waals surface area (Å²) >= 11 is 3.37. The molecule has 0 atom stereocenters. The molecule has 150 valence electrons. The molecule has 1 heterocycles. The van der Waals surface area contributed by atoms with Crippen LogP contribution in [-0.2, 0) is 10.0 Å². The molecule has 1 aliphatic rings. The Bertz CT molecular complexity index is 927. The highest BCUT2D eigenvalue weighted by Gasteiger charge is 2.26. The van der Waals surface area contributed by atoms with Gasteiger partial charge >= 0.3 is 0 Å². The highest BCUT2D eigenvalue weighted by molar-refractivity contribution is 9.10. The van der Waals surface area contributed by atoms with Gasteiger partial charge in [-0.3, -0.25) is 4.79 Å². The van der Waals surface area contributed by atoms with Crippen molar-refractivity contribution >= 4 is 31.9 Å². The first kappa shape index (κ1) is 20.8. The number of carbonyl (C=O) groups excluding carboxylic acids is 1. The van der Waals surface area contributed by atoms with Crippen LogP contribution in [0, 0.1) is 0 Å². The van der Waals surface area contributed by atoms with Gasteiger partial charge in [0, 0.05) is 23.1 Å². The molecule has 3 rings (SSSR count). The highest BCUT2D eigenvalue weighted by atomic mass is 79.9. The molecule has 28 heavy (non-hydrogen) atoms. The second-order valence-electron chi connectivity index (χ2n) is 6.55. The first-order chi connectivity index (χ1) is 13.5. The van der Waals surface area contributed by atoms with E-state index in [2.05, 4.69) is 21.2 Å². The van der Waals surface area contributed by atoms with E-state index in [0.717, 1.165) is 23.7 Å². The van der Waals surface area contributed by atoms with Crippen LogP contribution in [0.5, 0.6) is 5.75 Å². The summed E-state index contributed by atoms with van der Waals surface area (Å²) in [6.45, 7) is 1.69. The Kier molecular flexibility index (Phi) is 7.09. The van der Waals surface area contributed by atoms with Gasteiger partial charge < -0.3 is 10.1 Å². The van der Waals surface area contributed by atoms with Gasteiger partial charge in [0.05, 0.1) is 11.4 Å². The van der Waals surface area contributed by atoms with Gasteiger partial charge in [0.1, 0.15) is 12.4 Å². The molecule has 0 saturated carbocycles. The van der Waals surface area contributed by atoms with E-state index in [0.29, 0.717) is 37.6 Å². The van der Waals surface area contributed by atoms with Crippen LogP contribution in [0.15, 0.2) is 57.9 Å². The lowest BCUT2D eigenvalue weighted by Gasteiger charge is -2.26. The number of rotatable bonds is 7. The standard InChI is InChI=1S/C20H23BrN2O4S/c21-17-7-5-8-18(15-17)27-13-10-22-20(24)16-6-4-9-19(14-16)28(25,26)23-11-2-1-3-12-23/h4-9,14-15H,1-3,10-13H2,(H,22,24). The molecule has 0 unspecified atom stereocenters.